The highest BCUT2D eigenvalue weighted by Crippen LogP contribution is 2.34. The Bertz CT molecular complexity index is 468. The molecule has 1 aliphatic rings. The SMILES string of the molecule is COc1cc(OC)c(C2CNCCO2)cc1C(=O)O. The van der Waals surface area contributed by atoms with Crippen molar-refractivity contribution in [2.75, 3.05) is 33.9 Å². The molecule has 6 nitrogen and oxygen atoms in total. The summed E-state index contributed by atoms with van der Waals surface area (Å²) in [7, 11) is 2.97. The summed E-state index contributed by atoms with van der Waals surface area (Å²) in [5.41, 5.74) is 0.820. The van der Waals surface area contributed by atoms with Gasteiger partial charge in [0.15, 0.2) is 0 Å². The molecule has 1 aromatic carbocycles. The maximum absolute atomic E-state index is 11.2. The molecular weight excluding hydrogens is 250 g/mol. The van der Waals surface area contributed by atoms with Gasteiger partial charge in [0.05, 0.1) is 26.9 Å². The number of carbonyl (C=O) groups is 1. The highest BCUT2D eigenvalue weighted by molar-refractivity contribution is 5.91. The van der Waals surface area contributed by atoms with Crippen molar-refractivity contribution in [2.45, 2.75) is 6.10 Å². The van der Waals surface area contributed by atoms with E-state index in [2.05, 4.69) is 5.32 Å². The van der Waals surface area contributed by atoms with E-state index in [0.717, 1.165) is 6.54 Å². The van der Waals surface area contributed by atoms with Crippen LogP contribution in [0.4, 0.5) is 0 Å². The van der Waals surface area contributed by atoms with Crippen molar-refractivity contribution < 1.29 is 24.1 Å². The summed E-state index contributed by atoms with van der Waals surface area (Å²) in [4.78, 5) is 11.2. The normalized spacial score (nSPS) is 18.9. The molecule has 1 unspecified atom stereocenters. The Morgan fingerprint density at radius 2 is 2.11 bits per heavy atom. The third-order valence-corrected chi connectivity index (χ3v) is 3.06. The fourth-order valence-electron chi connectivity index (χ4n) is 2.11. The number of rotatable bonds is 4. The smallest absolute Gasteiger partial charge is 0.339 e. The number of nitrogens with one attached hydrogen (secondary N) is 1. The van der Waals surface area contributed by atoms with Crippen LogP contribution in [0.5, 0.6) is 11.5 Å². The molecule has 19 heavy (non-hydrogen) atoms. The van der Waals surface area contributed by atoms with Gasteiger partial charge in [-0.25, -0.2) is 4.79 Å². The number of benzene rings is 1. The number of hydrogen-bond acceptors (Lipinski definition) is 5. The first-order chi connectivity index (χ1) is 9.17. The number of morpholine rings is 1. The Labute approximate surface area is 111 Å². The fraction of sp³-hybridized carbons (Fsp3) is 0.462. The number of carboxylic acid groups (broad SMARTS) is 1. The summed E-state index contributed by atoms with van der Waals surface area (Å²) < 4.78 is 16.0. The van der Waals surface area contributed by atoms with Crippen molar-refractivity contribution in [3.8, 4) is 11.5 Å². The summed E-state index contributed by atoms with van der Waals surface area (Å²) in [6.07, 6.45) is -0.215. The van der Waals surface area contributed by atoms with Crippen molar-refractivity contribution >= 4 is 5.97 Å². The van der Waals surface area contributed by atoms with Crippen LogP contribution in [0.15, 0.2) is 12.1 Å². The highest BCUT2D eigenvalue weighted by Gasteiger charge is 2.24. The highest BCUT2D eigenvalue weighted by atomic mass is 16.5. The first-order valence-corrected chi connectivity index (χ1v) is 5.99. The van der Waals surface area contributed by atoms with Crippen molar-refractivity contribution in [1.29, 1.82) is 0 Å². The monoisotopic (exact) mass is 267 g/mol. The van der Waals surface area contributed by atoms with Crippen LogP contribution in [-0.2, 0) is 4.74 Å². The zero-order valence-corrected chi connectivity index (χ0v) is 10.9. The Hall–Kier alpha value is -1.79. The summed E-state index contributed by atoms with van der Waals surface area (Å²) in [6.45, 7) is 2.00. The molecule has 1 aliphatic heterocycles. The summed E-state index contributed by atoms with van der Waals surface area (Å²) >= 11 is 0. The van der Waals surface area contributed by atoms with Gasteiger partial charge in [0, 0.05) is 24.7 Å². The molecule has 2 N–H and O–H groups in total. The lowest BCUT2D eigenvalue weighted by molar-refractivity contribution is 0.0261. The molecule has 104 valence electrons. The van der Waals surface area contributed by atoms with Crippen LogP contribution in [0.3, 0.4) is 0 Å². The summed E-state index contributed by atoms with van der Waals surface area (Å²) in [5, 5.41) is 12.4. The average molecular weight is 267 g/mol. The van der Waals surface area contributed by atoms with Crippen LogP contribution in [0.1, 0.15) is 22.0 Å². The molecule has 0 amide bonds. The van der Waals surface area contributed by atoms with E-state index in [0.29, 0.717) is 24.5 Å². The van der Waals surface area contributed by atoms with Gasteiger partial charge in [-0.1, -0.05) is 0 Å². The molecule has 0 spiro atoms. The molecule has 0 aromatic heterocycles. The molecule has 1 fully saturated rings. The van der Waals surface area contributed by atoms with E-state index >= 15 is 0 Å². The average Bonchev–Trinajstić information content (AvgIpc) is 2.46. The molecule has 0 saturated carbocycles. The van der Waals surface area contributed by atoms with Crippen molar-refractivity contribution in [3.63, 3.8) is 0 Å². The molecule has 0 aliphatic carbocycles. The van der Waals surface area contributed by atoms with Gasteiger partial charge < -0.3 is 24.6 Å². The number of methoxy groups -OCH3 is 2. The lowest BCUT2D eigenvalue weighted by atomic mass is 10.0. The molecular formula is C13H17NO5. The van der Waals surface area contributed by atoms with E-state index in [1.807, 2.05) is 0 Å². The fourth-order valence-corrected chi connectivity index (χ4v) is 2.11. The zero-order chi connectivity index (χ0) is 13.8. The Morgan fingerprint density at radius 1 is 1.37 bits per heavy atom. The van der Waals surface area contributed by atoms with Crippen molar-refractivity contribution in [2.24, 2.45) is 0 Å². The van der Waals surface area contributed by atoms with Gasteiger partial charge in [-0.15, -0.1) is 0 Å². The number of carboxylic acids is 1. The summed E-state index contributed by atoms with van der Waals surface area (Å²) in [6, 6.07) is 3.13. The number of hydrogen-bond donors (Lipinski definition) is 2. The van der Waals surface area contributed by atoms with E-state index in [-0.39, 0.29) is 17.4 Å². The van der Waals surface area contributed by atoms with Crippen LogP contribution < -0.4 is 14.8 Å². The van der Waals surface area contributed by atoms with Gasteiger partial charge >= 0.3 is 5.97 Å². The standard InChI is InChI=1S/C13H17NO5/c1-17-10-6-11(18-2)9(13(15)16)5-8(10)12-7-14-3-4-19-12/h5-6,12,14H,3-4,7H2,1-2H3,(H,15,16). The van der Waals surface area contributed by atoms with Crippen LogP contribution in [-0.4, -0.2) is 45.0 Å². The lowest BCUT2D eigenvalue weighted by Crippen LogP contribution is -2.33. The maximum atomic E-state index is 11.2. The minimum absolute atomic E-state index is 0.104. The first kappa shape index (κ1) is 13.6. The van der Waals surface area contributed by atoms with E-state index < -0.39 is 5.97 Å². The van der Waals surface area contributed by atoms with Gasteiger partial charge in [-0.3, -0.25) is 0 Å². The minimum Gasteiger partial charge on any atom is -0.496 e. The van der Waals surface area contributed by atoms with Gasteiger partial charge in [0.1, 0.15) is 17.1 Å². The summed E-state index contributed by atoms with van der Waals surface area (Å²) in [5.74, 6) is -0.197. The third-order valence-electron chi connectivity index (χ3n) is 3.06. The predicted molar refractivity (Wildman–Crippen MR) is 68.1 cm³/mol. The van der Waals surface area contributed by atoms with E-state index in [1.54, 1.807) is 12.1 Å². The largest absolute Gasteiger partial charge is 0.496 e. The lowest BCUT2D eigenvalue weighted by Gasteiger charge is -2.26. The van der Waals surface area contributed by atoms with Gasteiger partial charge in [-0.05, 0) is 6.07 Å². The van der Waals surface area contributed by atoms with Crippen LogP contribution in [0.25, 0.3) is 0 Å². The number of aromatic carboxylic acids is 1. The quantitative estimate of drug-likeness (QED) is 0.849. The molecule has 0 bridgehead atoms. The molecule has 6 heteroatoms. The van der Waals surface area contributed by atoms with Crippen molar-refractivity contribution in [3.05, 3.63) is 23.3 Å². The van der Waals surface area contributed by atoms with Crippen LogP contribution in [0.2, 0.25) is 0 Å². The topological polar surface area (TPSA) is 77.0 Å². The number of ether oxygens (including phenoxy) is 3. The second-order valence-electron chi connectivity index (χ2n) is 4.16. The molecule has 0 radical (unpaired) electrons. The van der Waals surface area contributed by atoms with E-state index in [4.69, 9.17) is 14.2 Å². The van der Waals surface area contributed by atoms with E-state index in [9.17, 15) is 9.90 Å². The molecule has 1 saturated heterocycles. The predicted octanol–water partition coefficient (Wildman–Crippen LogP) is 1.06. The molecule has 2 rings (SSSR count). The van der Waals surface area contributed by atoms with Crippen LogP contribution in [0, 0.1) is 0 Å². The first-order valence-electron chi connectivity index (χ1n) is 5.99. The second kappa shape index (κ2) is 5.90. The maximum Gasteiger partial charge on any atom is 0.339 e. The molecule has 1 heterocycles. The Kier molecular flexibility index (Phi) is 4.24. The Morgan fingerprint density at radius 3 is 2.63 bits per heavy atom. The van der Waals surface area contributed by atoms with Gasteiger partial charge in [0.2, 0.25) is 0 Å². The molecule has 1 atom stereocenters. The van der Waals surface area contributed by atoms with Gasteiger partial charge in [-0.2, -0.15) is 0 Å². The second-order valence-corrected chi connectivity index (χ2v) is 4.16. The van der Waals surface area contributed by atoms with Crippen LogP contribution >= 0.6 is 0 Å². The van der Waals surface area contributed by atoms with E-state index in [1.165, 1.54) is 14.2 Å². The molecule has 1 aromatic rings. The van der Waals surface area contributed by atoms with Crippen molar-refractivity contribution in [1.82, 2.24) is 5.32 Å². The minimum atomic E-state index is -1.04. The Balaban J connectivity index is 2.45. The van der Waals surface area contributed by atoms with Gasteiger partial charge in [0.25, 0.3) is 0 Å². The third kappa shape index (κ3) is 2.80. The zero-order valence-electron chi connectivity index (χ0n) is 10.9.